The molecule has 0 bridgehead atoms. The highest BCUT2D eigenvalue weighted by Crippen LogP contribution is 2.27. The molecule has 0 unspecified atom stereocenters. The van der Waals surface area contributed by atoms with Crippen molar-refractivity contribution in [3.8, 4) is 5.75 Å². The van der Waals surface area contributed by atoms with Gasteiger partial charge in [0.25, 0.3) is 11.8 Å². The lowest BCUT2D eigenvalue weighted by Crippen LogP contribution is -2.45. The van der Waals surface area contributed by atoms with E-state index in [1.807, 2.05) is 0 Å². The summed E-state index contributed by atoms with van der Waals surface area (Å²) >= 11 is 0. The first-order valence-corrected chi connectivity index (χ1v) is 12.0. The van der Waals surface area contributed by atoms with Crippen LogP contribution in [-0.2, 0) is 14.8 Å². The van der Waals surface area contributed by atoms with Gasteiger partial charge < -0.3 is 4.74 Å². The quantitative estimate of drug-likeness (QED) is 0.489. The number of rotatable bonds is 6. The fourth-order valence-corrected chi connectivity index (χ4v) is 5.48. The van der Waals surface area contributed by atoms with Crippen LogP contribution >= 0.6 is 0 Å². The lowest BCUT2D eigenvalue weighted by molar-refractivity contribution is -0.135. The van der Waals surface area contributed by atoms with E-state index in [0.29, 0.717) is 25.3 Å². The fraction of sp³-hybridized carbons (Fsp3) is 0.348. The smallest absolute Gasteiger partial charge is 0.270 e. The third-order valence-electron chi connectivity index (χ3n) is 5.70. The van der Waals surface area contributed by atoms with Gasteiger partial charge in [-0.1, -0.05) is 31.2 Å². The number of para-hydroxylation sites is 1. The second kappa shape index (κ2) is 8.84. The Kier molecular flexibility index (Phi) is 6.12. The molecular formula is C23H24N2O6S. The van der Waals surface area contributed by atoms with Crippen LogP contribution in [0.15, 0.2) is 53.4 Å². The summed E-state index contributed by atoms with van der Waals surface area (Å²) in [5.74, 6) is -1.44. The minimum absolute atomic E-state index is 0.0267. The van der Waals surface area contributed by atoms with Gasteiger partial charge in [0, 0.05) is 18.7 Å². The highest BCUT2D eigenvalue weighted by Gasteiger charge is 2.37. The molecule has 168 valence electrons. The van der Waals surface area contributed by atoms with Crippen molar-refractivity contribution in [2.24, 2.45) is 0 Å². The molecule has 0 aliphatic carbocycles. The van der Waals surface area contributed by atoms with Crippen LogP contribution < -0.4 is 4.74 Å². The number of hydrogen-bond donors (Lipinski definition) is 0. The van der Waals surface area contributed by atoms with E-state index in [0.717, 1.165) is 17.7 Å². The van der Waals surface area contributed by atoms with Gasteiger partial charge in [-0.25, -0.2) is 8.42 Å². The Morgan fingerprint density at radius 2 is 1.78 bits per heavy atom. The SMILES string of the molecule is CC[C@@H]1Oc2ccccc2C(=O)N(CC(=O)c2cccc(S(=O)(=O)N3CCCC3)c2)C1=O. The number of hydrogen-bond acceptors (Lipinski definition) is 6. The van der Waals surface area contributed by atoms with Crippen molar-refractivity contribution < 1.29 is 27.5 Å². The number of Topliss-reactive ketones (excluding diaryl/α,β-unsaturated/α-hetero) is 1. The molecule has 0 saturated carbocycles. The van der Waals surface area contributed by atoms with Gasteiger partial charge in [0.1, 0.15) is 5.75 Å². The molecule has 0 spiro atoms. The number of amides is 2. The molecule has 1 saturated heterocycles. The molecule has 2 amide bonds. The molecule has 2 aromatic rings. The molecule has 1 atom stereocenters. The normalized spacial score (nSPS) is 19.4. The fourth-order valence-electron chi connectivity index (χ4n) is 3.92. The molecule has 2 heterocycles. The van der Waals surface area contributed by atoms with Gasteiger partial charge in [-0.05, 0) is 43.5 Å². The average Bonchev–Trinajstić information content (AvgIpc) is 3.33. The topological polar surface area (TPSA) is 101 Å². The zero-order valence-electron chi connectivity index (χ0n) is 17.7. The zero-order chi connectivity index (χ0) is 22.9. The summed E-state index contributed by atoms with van der Waals surface area (Å²) in [6.45, 7) is 2.16. The van der Waals surface area contributed by atoms with Crippen molar-refractivity contribution in [3.63, 3.8) is 0 Å². The Hall–Kier alpha value is -3.04. The third kappa shape index (κ3) is 4.05. The summed E-state index contributed by atoms with van der Waals surface area (Å²) in [4.78, 5) is 39.9. The van der Waals surface area contributed by atoms with Crippen LogP contribution in [0.2, 0.25) is 0 Å². The number of sulfonamides is 1. The molecule has 9 heteroatoms. The van der Waals surface area contributed by atoms with Gasteiger partial charge in [0.05, 0.1) is 17.0 Å². The monoisotopic (exact) mass is 456 g/mol. The lowest BCUT2D eigenvalue weighted by atomic mass is 10.1. The molecule has 2 aliphatic rings. The minimum atomic E-state index is -3.69. The van der Waals surface area contributed by atoms with Crippen molar-refractivity contribution in [1.82, 2.24) is 9.21 Å². The Labute approximate surface area is 186 Å². The second-order valence-corrected chi connectivity index (χ2v) is 9.74. The standard InChI is InChI=1S/C23H24N2O6S/c1-2-20-23(28)25(22(27)18-10-3-4-11-21(18)31-20)15-19(26)16-8-7-9-17(14-16)32(29,30)24-12-5-6-13-24/h3-4,7-11,14,20H,2,5-6,12-13,15H2,1H3/t20-/m0/s1. The first-order chi connectivity index (χ1) is 15.3. The van der Waals surface area contributed by atoms with Gasteiger partial charge in [0.15, 0.2) is 11.9 Å². The molecule has 8 nitrogen and oxygen atoms in total. The Morgan fingerprint density at radius 3 is 2.50 bits per heavy atom. The van der Waals surface area contributed by atoms with E-state index in [1.165, 1.54) is 28.6 Å². The van der Waals surface area contributed by atoms with Gasteiger partial charge in [-0.15, -0.1) is 0 Å². The average molecular weight is 457 g/mol. The summed E-state index contributed by atoms with van der Waals surface area (Å²) in [5.41, 5.74) is 0.326. The predicted octanol–water partition coefficient (Wildman–Crippen LogP) is 2.49. The van der Waals surface area contributed by atoms with E-state index in [2.05, 4.69) is 0 Å². The number of imide groups is 1. The Morgan fingerprint density at radius 1 is 1.06 bits per heavy atom. The lowest BCUT2D eigenvalue weighted by Gasteiger charge is -2.21. The Bertz CT molecular complexity index is 1170. The molecule has 0 radical (unpaired) electrons. The number of carbonyl (C=O) groups is 3. The van der Waals surface area contributed by atoms with E-state index >= 15 is 0 Å². The van der Waals surface area contributed by atoms with Crippen LogP contribution in [-0.4, -0.2) is 61.0 Å². The Balaban J connectivity index is 1.62. The largest absolute Gasteiger partial charge is 0.480 e. The van der Waals surface area contributed by atoms with Gasteiger partial charge in [-0.3, -0.25) is 19.3 Å². The maximum Gasteiger partial charge on any atom is 0.270 e. The van der Waals surface area contributed by atoms with Crippen LogP contribution in [0.5, 0.6) is 5.75 Å². The molecular weight excluding hydrogens is 432 g/mol. The van der Waals surface area contributed by atoms with Crippen LogP contribution in [0.1, 0.15) is 46.9 Å². The number of carbonyl (C=O) groups excluding carboxylic acids is 3. The third-order valence-corrected chi connectivity index (χ3v) is 7.60. The predicted molar refractivity (Wildman–Crippen MR) is 116 cm³/mol. The number of ether oxygens (including phenoxy) is 1. The van der Waals surface area contributed by atoms with Crippen molar-refractivity contribution in [3.05, 3.63) is 59.7 Å². The van der Waals surface area contributed by atoms with E-state index < -0.39 is 40.3 Å². The molecule has 2 aromatic carbocycles. The van der Waals surface area contributed by atoms with Crippen molar-refractivity contribution in [2.75, 3.05) is 19.6 Å². The summed E-state index contributed by atoms with van der Waals surface area (Å²) < 4.78 is 32.8. The van der Waals surface area contributed by atoms with Crippen molar-refractivity contribution >= 4 is 27.6 Å². The first kappa shape index (κ1) is 22.2. The van der Waals surface area contributed by atoms with Crippen molar-refractivity contribution in [1.29, 1.82) is 0 Å². The highest BCUT2D eigenvalue weighted by atomic mass is 32.2. The first-order valence-electron chi connectivity index (χ1n) is 10.6. The second-order valence-electron chi connectivity index (χ2n) is 7.80. The highest BCUT2D eigenvalue weighted by molar-refractivity contribution is 7.89. The van der Waals surface area contributed by atoms with E-state index in [-0.39, 0.29) is 16.0 Å². The zero-order valence-corrected chi connectivity index (χ0v) is 18.5. The molecule has 2 aliphatic heterocycles. The number of ketones is 1. The number of fused-ring (bicyclic) bond motifs is 1. The van der Waals surface area contributed by atoms with Crippen LogP contribution in [0.25, 0.3) is 0 Å². The summed E-state index contributed by atoms with van der Waals surface area (Å²) in [6.07, 6.45) is 1.05. The van der Waals surface area contributed by atoms with E-state index in [9.17, 15) is 22.8 Å². The molecule has 0 aromatic heterocycles. The maximum atomic E-state index is 13.0. The van der Waals surface area contributed by atoms with E-state index in [4.69, 9.17) is 4.74 Å². The number of nitrogens with zero attached hydrogens (tertiary/aromatic N) is 2. The van der Waals surface area contributed by atoms with Gasteiger partial charge >= 0.3 is 0 Å². The molecule has 1 fully saturated rings. The van der Waals surface area contributed by atoms with Crippen LogP contribution in [0.3, 0.4) is 0 Å². The molecule has 32 heavy (non-hydrogen) atoms. The summed E-state index contributed by atoms with van der Waals surface area (Å²) in [6, 6.07) is 12.3. The van der Waals surface area contributed by atoms with Gasteiger partial charge in [0.2, 0.25) is 10.0 Å². The van der Waals surface area contributed by atoms with Crippen LogP contribution in [0, 0.1) is 0 Å². The molecule has 4 rings (SSSR count). The minimum Gasteiger partial charge on any atom is -0.480 e. The van der Waals surface area contributed by atoms with E-state index in [1.54, 1.807) is 31.2 Å². The number of benzene rings is 2. The van der Waals surface area contributed by atoms with Crippen LogP contribution in [0.4, 0.5) is 0 Å². The summed E-state index contributed by atoms with van der Waals surface area (Å²) in [7, 11) is -3.69. The van der Waals surface area contributed by atoms with Gasteiger partial charge in [-0.2, -0.15) is 4.31 Å². The molecule has 0 N–H and O–H groups in total. The summed E-state index contributed by atoms with van der Waals surface area (Å²) in [5, 5.41) is 0. The van der Waals surface area contributed by atoms with Crippen molar-refractivity contribution in [2.45, 2.75) is 37.2 Å². The maximum absolute atomic E-state index is 13.0.